The second kappa shape index (κ2) is 7.49. The molecule has 0 aliphatic heterocycles. The molecule has 1 rings (SSSR count). The lowest BCUT2D eigenvalue weighted by Crippen LogP contribution is -2.29. The van der Waals surface area contributed by atoms with Crippen LogP contribution in [0.15, 0.2) is 0 Å². The topological polar surface area (TPSA) is 38.0 Å². The molecule has 0 radical (unpaired) electrons. The van der Waals surface area contributed by atoms with E-state index in [-0.39, 0.29) is 0 Å². The molecule has 0 spiro atoms. The van der Waals surface area contributed by atoms with Crippen molar-refractivity contribution in [3.8, 4) is 0 Å². The van der Waals surface area contributed by atoms with E-state index in [1.807, 2.05) is 0 Å². The van der Waals surface area contributed by atoms with Crippen molar-refractivity contribution in [1.29, 1.82) is 0 Å². The zero-order valence-corrected chi connectivity index (χ0v) is 13.0. The molecule has 0 amide bonds. The Morgan fingerprint density at radius 2 is 1.94 bits per heavy atom. The minimum Gasteiger partial charge on any atom is -0.330 e. The third-order valence-electron chi connectivity index (χ3n) is 4.60. The molecular weight excluding hydrogens is 220 g/mol. The van der Waals surface area contributed by atoms with Crippen molar-refractivity contribution in [2.24, 2.45) is 23.0 Å². The van der Waals surface area contributed by atoms with Crippen molar-refractivity contribution >= 4 is 0 Å². The van der Waals surface area contributed by atoms with Gasteiger partial charge in [-0.15, -0.1) is 0 Å². The molecular formula is C16H34N2. The van der Waals surface area contributed by atoms with Crippen molar-refractivity contribution in [2.75, 3.05) is 13.1 Å². The van der Waals surface area contributed by atoms with Crippen LogP contribution in [0, 0.1) is 17.3 Å². The van der Waals surface area contributed by atoms with E-state index in [0.717, 1.165) is 24.4 Å². The van der Waals surface area contributed by atoms with Gasteiger partial charge in [-0.3, -0.25) is 0 Å². The second-order valence-corrected chi connectivity index (χ2v) is 7.35. The van der Waals surface area contributed by atoms with Crippen LogP contribution < -0.4 is 11.1 Å². The Labute approximate surface area is 114 Å². The van der Waals surface area contributed by atoms with Gasteiger partial charge in [0.15, 0.2) is 0 Å². The van der Waals surface area contributed by atoms with Gasteiger partial charge in [0.2, 0.25) is 0 Å². The lowest BCUT2D eigenvalue weighted by Gasteiger charge is -2.30. The second-order valence-electron chi connectivity index (χ2n) is 7.35. The standard InChI is InChI=1S/C16H34N2/c1-13-7-8-15(12-13)18-11-5-6-14(9-10-17)16(2,3)4/h13-15,18H,5-12,17H2,1-4H3. The van der Waals surface area contributed by atoms with Crippen molar-refractivity contribution in [2.45, 2.75) is 72.3 Å². The summed E-state index contributed by atoms with van der Waals surface area (Å²) < 4.78 is 0. The van der Waals surface area contributed by atoms with E-state index in [1.54, 1.807) is 0 Å². The number of nitrogens with two attached hydrogens (primary N) is 1. The van der Waals surface area contributed by atoms with Crippen molar-refractivity contribution in [3.05, 3.63) is 0 Å². The average molecular weight is 254 g/mol. The summed E-state index contributed by atoms with van der Waals surface area (Å²) in [6.45, 7) is 11.4. The van der Waals surface area contributed by atoms with Crippen molar-refractivity contribution < 1.29 is 0 Å². The van der Waals surface area contributed by atoms with Gasteiger partial charge in [0, 0.05) is 6.04 Å². The van der Waals surface area contributed by atoms with Gasteiger partial charge in [0.05, 0.1) is 0 Å². The van der Waals surface area contributed by atoms with E-state index in [1.165, 1.54) is 45.1 Å². The van der Waals surface area contributed by atoms with Crippen LogP contribution in [0.1, 0.15) is 66.2 Å². The molecule has 108 valence electrons. The summed E-state index contributed by atoms with van der Waals surface area (Å²) in [5.74, 6) is 1.70. The molecule has 18 heavy (non-hydrogen) atoms. The maximum Gasteiger partial charge on any atom is 0.00696 e. The predicted octanol–water partition coefficient (Wildman–Crippen LogP) is 3.56. The van der Waals surface area contributed by atoms with Gasteiger partial charge in [-0.25, -0.2) is 0 Å². The first-order chi connectivity index (χ1) is 8.43. The largest absolute Gasteiger partial charge is 0.330 e. The summed E-state index contributed by atoms with van der Waals surface area (Å²) in [6.07, 6.45) is 7.96. The molecule has 1 saturated carbocycles. The molecule has 1 fully saturated rings. The monoisotopic (exact) mass is 254 g/mol. The summed E-state index contributed by atoms with van der Waals surface area (Å²) in [5, 5.41) is 3.73. The van der Waals surface area contributed by atoms with Gasteiger partial charge in [0.25, 0.3) is 0 Å². The lowest BCUT2D eigenvalue weighted by atomic mass is 9.76. The molecule has 3 unspecified atom stereocenters. The predicted molar refractivity (Wildman–Crippen MR) is 80.7 cm³/mol. The van der Waals surface area contributed by atoms with E-state index in [0.29, 0.717) is 5.41 Å². The SMILES string of the molecule is CC1CCC(NCCCC(CCN)C(C)(C)C)C1. The molecule has 2 nitrogen and oxygen atoms in total. The van der Waals surface area contributed by atoms with Gasteiger partial charge in [-0.1, -0.05) is 27.7 Å². The molecule has 0 aromatic rings. The summed E-state index contributed by atoms with van der Waals surface area (Å²) in [5.41, 5.74) is 6.13. The lowest BCUT2D eigenvalue weighted by molar-refractivity contribution is 0.209. The highest BCUT2D eigenvalue weighted by atomic mass is 14.9. The average Bonchev–Trinajstić information content (AvgIpc) is 2.67. The quantitative estimate of drug-likeness (QED) is 0.682. The zero-order chi connectivity index (χ0) is 13.6. The van der Waals surface area contributed by atoms with Crippen LogP contribution in [-0.2, 0) is 0 Å². The zero-order valence-electron chi connectivity index (χ0n) is 13.0. The van der Waals surface area contributed by atoms with Gasteiger partial charge in [-0.05, 0) is 68.9 Å². The maximum absolute atomic E-state index is 5.73. The molecule has 1 aliphatic carbocycles. The molecule has 3 atom stereocenters. The van der Waals surface area contributed by atoms with Crippen LogP contribution >= 0.6 is 0 Å². The summed E-state index contributed by atoms with van der Waals surface area (Å²) in [7, 11) is 0. The van der Waals surface area contributed by atoms with E-state index in [9.17, 15) is 0 Å². The van der Waals surface area contributed by atoms with Gasteiger partial charge in [0.1, 0.15) is 0 Å². The summed E-state index contributed by atoms with van der Waals surface area (Å²) >= 11 is 0. The fourth-order valence-electron chi connectivity index (χ4n) is 3.26. The van der Waals surface area contributed by atoms with Crippen LogP contribution in [0.25, 0.3) is 0 Å². The highest BCUT2D eigenvalue weighted by Gasteiger charge is 2.24. The molecule has 0 heterocycles. The van der Waals surface area contributed by atoms with Crippen molar-refractivity contribution in [1.82, 2.24) is 5.32 Å². The first-order valence-electron chi connectivity index (χ1n) is 7.87. The molecule has 2 heteroatoms. The summed E-state index contributed by atoms with van der Waals surface area (Å²) in [4.78, 5) is 0. The number of rotatable bonds is 7. The highest BCUT2D eigenvalue weighted by Crippen LogP contribution is 2.32. The smallest absolute Gasteiger partial charge is 0.00696 e. The van der Waals surface area contributed by atoms with Crippen LogP contribution in [-0.4, -0.2) is 19.1 Å². The van der Waals surface area contributed by atoms with E-state index < -0.39 is 0 Å². The fourth-order valence-corrected chi connectivity index (χ4v) is 3.26. The molecule has 0 bridgehead atoms. The minimum atomic E-state index is 0.404. The Bertz CT molecular complexity index is 220. The molecule has 3 N–H and O–H groups in total. The van der Waals surface area contributed by atoms with Gasteiger partial charge < -0.3 is 11.1 Å². The van der Waals surface area contributed by atoms with Gasteiger partial charge in [-0.2, -0.15) is 0 Å². The van der Waals surface area contributed by atoms with E-state index >= 15 is 0 Å². The minimum absolute atomic E-state index is 0.404. The fraction of sp³-hybridized carbons (Fsp3) is 1.00. The Morgan fingerprint density at radius 3 is 2.44 bits per heavy atom. The first kappa shape index (κ1) is 16.0. The highest BCUT2D eigenvalue weighted by molar-refractivity contribution is 4.79. The van der Waals surface area contributed by atoms with Crippen molar-refractivity contribution in [3.63, 3.8) is 0 Å². The number of hydrogen-bond donors (Lipinski definition) is 2. The molecule has 1 aliphatic rings. The first-order valence-corrected chi connectivity index (χ1v) is 7.87. The summed E-state index contributed by atoms with van der Waals surface area (Å²) in [6, 6.07) is 0.794. The van der Waals surface area contributed by atoms with E-state index in [4.69, 9.17) is 5.73 Å². The Hall–Kier alpha value is -0.0800. The normalized spacial score (nSPS) is 26.5. The van der Waals surface area contributed by atoms with Gasteiger partial charge >= 0.3 is 0 Å². The Morgan fingerprint density at radius 1 is 1.22 bits per heavy atom. The van der Waals surface area contributed by atoms with E-state index in [2.05, 4.69) is 33.0 Å². The number of nitrogens with one attached hydrogen (secondary N) is 1. The van der Waals surface area contributed by atoms with Crippen LogP contribution in [0.2, 0.25) is 0 Å². The van der Waals surface area contributed by atoms with Crippen LogP contribution in [0.3, 0.4) is 0 Å². The number of hydrogen-bond acceptors (Lipinski definition) is 2. The maximum atomic E-state index is 5.73. The molecule has 0 saturated heterocycles. The molecule has 0 aromatic carbocycles. The Kier molecular flexibility index (Phi) is 6.65. The van der Waals surface area contributed by atoms with Crippen LogP contribution in [0.4, 0.5) is 0 Å². The third kappa shape index (κ3) is 5.71. The molecule has 0 aromatic heterocycles. The van der Waals surface area contributed by atoms with Crippen LogP contribution in [0.5, 0.6) is 0 Å². The Balaban J connectivity index is 2.15. The third-order valence-corrected chi connectivity index (χ3v) is 4.60.